The van der Waals surface area contributed by atoms with Gasteiger partial charge in [0.1, 0.15) is 0 Å². The molecule has 0 radical (unpaired) electrons. The van der Waals surface area contributed by atoms with Crippen molar-refractivity contribution in [3.05, 3.63) is 111 Å². The molecule has 0 aliphatic heterocycles. The van der Waals surface area contributed by atoms with Gasteiger partial charge >= 0.3 is 7.82 Å². The maximum Gasteiger partial charge on any atom is 0.447 e. The lowest BCUT2D eigenvalue weighted by Crippen LogP contribution is -2.40. The molecule has 0 aromatic rings. The smallest absolute Gasteiger partial charge is 0.318 e. The molecule has 4 nitrogen and oxygen atoms in total. The van der Waals surface area contributed by atoms with E-state index < -0.39 is 32.8 Å². The summed E-state index contributed by atoms with van der Waals surface area (Å²) in [7, 11) is -13.2. The van der Waals surface area contributed by atoms with E-state index in [9.17, 15) is 4.57 Å². The summed E-state index contributed by atoms with van der Waals surface area (Å²) >= 11 is 0. The summed E-state index contributed by atoms with van der Waals surface area (Å²) in [6.45, 7) is 33.6. The highest BCUT2D eigenvalue weighted by Gasteiger charge is 2.47. The van der Waals surface area contributed by atoms with Gasteiger partial charge in [0.15, 0.2) is 0 Å². The predicted molar refractivity (Wildman–Crippen MR) is 120 cm³/mol. The van der Waals surface area contributed by atoms with Crippen LogP contribution in [0.5, 0.6) is 0 Å². The molecule has 0 atom stereocenters. The molecular formula is C18H27O4PSi3. The van der Waals surface area contributed by atoms with Crippen molar-refractivity contribution in [1.29, 1.82) is 0 Å². The second kappa shape index (κ2) is 9.94. The Kier molecular flexibility index (Phi) is 9.33. The summed E-state index contributed by atoms with van der Waals surface area (Å²) in [5, 5.41) is 0. The van der Waals surface area contributed by atoms with Crippen molar-refractivity contribution in [2.75, 3.05) is 0 Å². The largest absolute Gasteiger partial charge is 0.447 e. The SMILES string of the molecule is C=C[Si](C=C)(C=C)OP(=O)(O[Si](C=C)(C=C)C=C)O[Si](C=C)(C=C)C=C. The molecule has 0 N–H and O–H groups in total. The minimum Gasteiger partial charge on any atom is -0.318 e. The quantitative estimate of drug-likeness (QED) is 0.258. The van der Waals surface area contributed by atoms with E-state index in [1.165, 1.54) is 51.3 Å². The number of phosphoric acid groups is 1. The zero-order chi connectivity index (χ0) is 20.5. The standard InChI is InChI=1S/C18H27O4PSi3/c1-10-24(11-2,12-3)20-23(19,21-25(13-4,14-5)15-6)22-26(16-7,17-8)18-9/h10-18H,1-9H2. The van der Waals surface area contributed by atoms with Gasteiger partial charge in [-0.15, -0.1) is 59.2 Å². The molecule has 0 fully saturated rings. The fraction of sp³-hybridized carbons (Fsp3) is 0. The fourth-order valence-corrected chi connectivity index (χ4v) is 12.0. The van der Waals surface area contributed by atoms with Gasteiger partial charge < -0.3 is 12.6 Å². The minimum atomic E-state index is -4.19. The predicted octanol–water partition coefficient (Wildman–Crippen LogP) is 5.51. The Labute approximate surface area is 160 Å². The zero-order valence-electron chi connectivity index (χ0n) is 15.1. The van der Waals surface area contributed by atoms with Gasteiger partial charge in [-0.1, -0.05) is 51.3 Å². The van der Waals surface area contributed by atoms with Gasteiger partial charge in [-0.3, -0.25) is 0 Å². The fourth-order valence-electron chi connectivity index (χ4n) is 1.72. The Morgan fingerprint density at radius 2 is 0.615 bits per heavy atom. The van der Waals surface area contributed by atoms with E-state index >= 15 is 0 Å². The molecule has 0 heterocycles. The molecular weight excluding hydrogens is 395 g/mol. The number of hydrogen-bond acceptors (Lipinski definition) is 4. The van der Waals surface area contributed by atoms with Crippen LogP contribution in [-0.2, 0) is 17.2 Å². The van der Waals surface area contributed by atoms with Crippen LogP contribution in [0.4, 0.5) is 0 Å². The molecule has 0 saturated heterocycles. The van der Waals surface area contributed by atoms with Gasteiger partial charge in [0, 0.05) is 0 Å². The van der Waals surface area contributed by atoms with Gasteiger partial charge in [-0.2, -0.15) is 0 Å². The maximum absolute atomic E-state index is 13.7. The van der Waals surface area contributed by atoms with Gasteiger partial charge in [-0.25, -0.2) is 4.57 Å². The molecule has 0 spiro atoms. The van der Waals surface area contributed by atoms with E-state index in [1.807, 2.05) is 0 Å². The first kappa shape index (κ1) is 24.4. The first-order chi connectivity index (χ1) is 12.2. The zero-order valence-corrected chi connectivity index (χ0v) is 19.0. The van der Waals surface area contributed by atoms with Crippen LogP contribution in [0.2, 0.25) is 0 Å². The molecule has 0 amide bonds. The normalized spacial score (nSPS) is 12.3. The summed E-state index contributed by atoms with van der Waals surface area (Å²) in [6.07, 6.45) is 0. The van der Waals surface area contributed by atoms with Gasteiger partial charge in [0.05, 0.1) is 0 Å². The van der Waals surface area contributed by atoms with E-state index in [0.717, 1.165) is 0 Å². The van der Waals surface area contributed by atoms with E-state index in [0.29, 0.717) is 0 Å². The summed E-state index contributed by atoms with van der Waals surface area (Å²) in [6, 6.07) is 0. The molecule has 0 aromatic carbocycles. The lowest BCUT2D eigenvalue weighted by atomic mass is 11.2. The van der Waals surface area contributed by atoms with Crippen molar-refractivity contribution in [3.63, 3.8) is 0 Å². The summed E-state index contributed by atoms with van der Waals surface area (Å²) < 4.78 is 31.3. The molecule has 0 rings (SSSR count). The van der Waals surface area contributed by atoms with E-state index in [2.05, 4.69) is 59.2 Å². The van der Waals surface area contributed by atoms with Crippen LogP contribution < -0.4 is 0 Å². The molecule has 26 heavy (non-hydrogen) atoms. The van der Waals surface area contributed by atoms with Crippen molar-refractivity contribution >= 4 is 32.8 Å². The minimum absolute atomic E-state index is 1.52. The van der Waals surface area contributed by atoms with Crippen molar-refractivity contribution in [3.8, 4) is 0 Å². The summed E-state index contributed by atoms with van der Waals surface area (Å²) in [5.41, 5.74) is 13.7. The van der Waals surface area contributed by atoms with Crippen LogP contribution >= 0.6 is 7.82 Å². The monoisotopic (exact) mass is 422 g/mol. The van der Waals surface area contributed by atoms with Gasteiger partial charge in [-0.05, 0) is 0 Å². The van der Waals surface area contributed by atoms with Crippen LogP contribution in [0, 0.1) is 0 Å². The van der Waals surface area contributed by atoms with Gasteiger partial charge in [0.25, 0.3) is 25.0 Å². The van der Waals surface area contributed by atoms with Crippen LogP contribution in [0.3, 0.4) is 0 Å². The molecule has 0 aliphatic rings. The Morgan fingerprint density at radius 3 is 0.731 bits per heavy atom. The van der Waals surface area contributed by atoms with Crippen LogP contribution in [0.25, 0.3) is 0 Å². The van der Waals surface area contributed by atoms with Crippen molar-refractivity contribution < 1.29 is 17.2 Å². The van der Waals surface area contributed by atoms with Crippen LogP contribution in [-0.4, -0.2) is 25.0 Å². The molecule has 8 heteroatoms. The Bertz CT molecular complexity index is 528. The second-order valence-corrected chi connectivity index (χ2v) is 17.0. The Balaban J connectivity index is 6.41. The lowest BCUT2D eigenvalue weighted by Gasteiger charge is -2.35. The Hall–Kier alpha value is -1.58. The van der Waals surface area contributed by atoms with Crippen LogP contribution in [0.15, 0.2) is 111 Å². The lowest BCUT2D eigenvalue weighted by molar-refractivity contribution is 0.302. The third kappa shape index (κ3) is 5.46. The van der Waals surface area contributed by atoms with Crippen molar-refractivity contribution in [2.45, 2.75) is 0 Å². The Morgan fingerprint density at radius 1 is 0.462 bits per heavy atom. The van der Waals surface area contributed by atoms with Crippen molar-refractivity contribution in [2.24, 2.45) is 0 Å². The highest BCUT2D eigenvalue weighted by molar-refractivity contribution is 7.54. The van der Waals surface area contributed by atoms with Gasteiger partial charge in [0.2, 0.25) is 0 Å². The third-order valence-corrected chi connectivity index (χ3v) is 15.9. The van der Waals surface area contributed by atoms with Crippen molar-refractivity contribution in [1.82, 2.24) is 0 Å². The van der Waals surface area contributed by atoms with E-state index in [1.54, 1.807) is 0 Å². The second-order valence-electron chi connectivity index (χ2n) is 5.12. The average molecular weight is 423 g/mol. The third-order valence-electron chi connectivity index (χ3n) is 3.68. The molecule has 0 saturated carbocycles. The first-order valence-electron chi connectivity index (χ1n) is 7.61. The molecule has 0 bridgehead atoms. The van der Waals surface area contributed by atoms with E-state index in [-0.39, 0.29) is 0 Å². The molecule has 0 aromatic heterocycles. The number of hydrogen-bond donors (Lipinski definition) is 0. The molecule has 0 unspecified atom stereocenters. The maximum atomic E-state index is 13.7. The molecule has 140 valence electrons. The van der Waals surface area contributed by atoms with E-state index in [4.69, 9.17) is 12.6 Å². The highest BCUT2D eigenvalue weighted by Crippen LogP contribution is 2.57. The average Bonchev–Trinajstić information content (AvgIpc) is 2.69. The first-order valence-corrected chi connectivity index (χ1v) is 15.5. The molecule has 0 aliphatic carbocycles. The number of rotatable bonds is 15. The summed E-state index contributed by atoms with van der Waals surface area (Å²) in [4.78, 5) is 0. The highest BCUT2D eigenvalue weighted by atomic mass is 31.2. The topological polar surface area (TPSA) is 44.8 Å². The summed E-state index contributed by atoms with van der Waals surface area (Å²) in [5.74, 6) is 0. The van der Waals surface area contributed by atoms with Crippen LogP contribution in [0.1, 0.15) is 0 Å².